The molecule has 0 unspecified atom stereocenters. The maximum Gasteiger partial charge on any atom is 0.321 e. The van der Waals surface area contributed by atoms with Crippen LogP contribution < -0.4 is 10.6 Å². The lowest BCUT2D eigenvalue weighted by atomic mass is 10.1. The molecular weight excluding hydrogens is 376 g/mol. The molecule has 0 spiro atoms. The molecule has 0 atom stereocenters. The van der Waals surface area contributed by atoms with Crippen molar-refractivity contribution in [3.63, 3.8) is 0 Å². The third kappa shape index (κ3) is 4.48. The van der Waals surface area contributed by atoms with E-state index in [0.717, 1.165) is 53.6 Å². The highest BCUT2D eigenvalue weighted by Crippen LogP contribution is 2.22. The summed E-state index contributed by atoms with van der Waals surface area (Å²) in [5.74, 6) is -0.190. The summed E-state index contributed by atoms with van der Waals surface area (Å²) in [4.78, 5) is 30.2. The van der Waals surface area contributed by atoms with E-state index >= 15 is 0 Å². The Morgan fingerprint density at radius 3 is 2.17 bits per heavy atom. The molecule has 0 bridgehead atoms. The number of aromatic nitrogens is 1. The van der Waals surface area contributed by atoms with Crippen LogP contribution in [-0.2, 0) is 0 Å². The van der Waals surface area contributed by atoms with Gasteiger partial charge in [-0.15, -0.1) is 0 Å². The highest BCUT2D eigenvalue weighted by atomic mass is 16.2. The van der Waals surface area contributed by atoms with E-state index in [0.29, 0.717) is 11.4 Å². The molecule has 6 heteroatoms. The highest BCUT2D eigenvalue weighted by molar-refractivity contribution is 6.06. The van der Waals surface area contributed by atoms with Crippen LogP contribution in [0.2, 0.25) is 0 Å². The molecule has 0 saturated carbocycles. The van der Waals surface area contributed by atoms with E-state index < -0.39 is 0 Å². The second-order valence-corrected chi connectivity index (χ2v) is 8.09. The van der Waals surface area contributed by atoms with Gasteiger partial charge in [0.15, 0.2) is 0 Å². The van der Waals surface area contributed by atoms with Crippen molar-refractivity contribution < 1.29 is 9.59 Å². The maximum absolute atomic E-state index is 12.7. The number of aryl methyl sites for hydroxylation is 2. The fourth-order valence-electron chi connectivity index (χ4n) is 4.03. The summed E-state index contributed by atoms with van der Waals surface area (Å²) in [5.41, 5.74) is 5.19. The molecule has 3 aromatic rings. The number of anilines is 2. The lowest BCUT2D eigenvalue weighted by Gasteiger charge is -2.20. The molecule has 30 heavy (non-hydrogen) atoms. The number of hydrogen-bond donors (Lipinski definition) is 3. The standard InChI is InChI=1S/C24H28N4O2/c1-16-13-17(2)20-15-22(27-21(20)14-16)23(29)25-18-7-9-19(10-8-18)26-24(30)28-11-5-3-4-6-12-28/h7-10,13-15,27H,3-6,11-12H2,1-2H3,(H,25,29)(H,26,30). The maximum atomic E-state index is 12.7. The molecule has 2 aromatic carbocycles. The van der Waals surface area contributed by atoms with Crippen LogP contribution in [-0.4, -0.2) is 34.9 Å². The molecular formula is C24H28N4O2. The molecule has 1 saturated heterocycles. The first-order valence-corrected chi connectivity index (χ1v) is 10.6. The minimum Gasteiger partial charge on any atom is -0.351 e. The summed E-state index contributed by atoms with van der Waals surface area (Å²) in [5, 5.41) is 6.91. The smallest absolute Gasteiger partial charge is 0.321 e. The number of likely N-dealkylation sites (tertiary alicyclic amines) is 1. The van der Waals surface area contributed by atoms with Gasteiger partial charge in [0.1, 0.15) is 5.69 Å². The molecule has 0 radical (unpaired) electrons. The van der Waals surface area contributed by atoms with E-state index in [-0.39, 0.29) is 11.9 Å². The van der Waals surface area contributed by atoms with Crippen LogP contribution in [0.25, 0.3) is 10.9 Å². The summed E-state index contributed by atoms with van der Waals surface area (Å²) in [6.45, 7) is 5.71. The van der Waals surface area contributed by atoms with Crippen molar-refractivity contribution in [2.24, 2.45) is 0 Å². The van der Waals surface area contributed by atoms with Crippen LogP contribution >= 0.6 is 0 Å². The van der Waals surface area contributed by atoms with Crippen molar-refractivity contribution in [2.45, 2.75) is 39.5 Å². The normalized spacial score (nSPS) is 14.4. The molecule has 156 valence electrons. The van der Waals surface area contributed by atoms with E-state index in [1.807, 2.05) is 43.0 Å². The van der Waals surface area contributed by atoms with Gasteiger partial charge < -0.3 is 20.5 Å². The molecule has 4 rings (SSSR count). The van der Waals surface area contributed by atoms with Crippen LogP contribution in [0.3, 0.4) is 0 Å². The molecule has 1 aliphatic heterocycles. The summed E-state index contributed by atoms with van der Waals surface area (Å²) in [6, 6.07) is 13.2. The summed E-state index contributed by atoms with van der Waals surface area (Å²) >= 11 is 0. The van der Waals surface area contributed by atoms with Crippen molar-refractivity contribution in [2.75, 3.05) is 23.7 Å². The number of fused-ring (bicyclic) bond motifs is 1. The number of carbonyl (C=O) groups excluding carboxylic acids is 2. The van der Waals surface area contributed by atoms with Crippen molar-refractivity contribution in [3.05, 3.63) is 59.3 Å². The minimum atomic E-state index is -0.190. The SMILES string of the molecule is Cc1cc(C)c2cc(C(=O)Nc3ccc(NC(=O)N4CCCCCC4)cc3)[nH]c2c1. The number of carbonyl (C=O) groups is 2. The van der Waals surface area contributed by atoms with Gasteiger partial charge >= 0.3 is 6.03 Å². The van der Waals surface area contributed by atoms with Crippen molar-refractivity contribution in [1.82, 2.24) is 9.88 Å². The lowest BCUT2D eigenvalue weighted by Crippen LogP contribution is -2.35. The van der Waals surface area contributed by atoms with Gasteiger partial charge in [0.25, 0.3) is 5.91 Å². The quantitative estimate of drug-likeness (QED) is 0.543. The number of amides is 3. The van der Waals surface area contributed by atoms with Crippen molar-refractivity contribution in [3.8, 4) is 0 Å². The average molecular weight is 405 g/mol. The Labute approximate surface area is 176 Å². The second kappa shape index (κ2) is 8.61. The van der Waals surface area contributed by atoms with Crippen molar-refractivity contribution >= 4 is 34.2 Å². The minimum absolute atomic E-state index is 0.0579. The first-order chi connectivity index (χ1) is 14.5. The van der Waals surface area contributed by atoms with Crippen LogP contribution in [0, 0.1) is 13.8 Å². The first-order valence-electron chi connectivity index (χ1n) is 10.6. The highest BCUT2D eigenvalue weighted by Gasteiger charge is 2.16. The zero-order valence-electron chi connectivity index (χ0n) is 17.5. The van der Waals surface area contributed by atoms with Gasteiger partial charge in [-0.1, -0.05) is 18.9 Å². The van der Waals surface area contributed by atoms with E-state index in [4.69, 9.17) is 0 Å². The Kier molecular flexibility index (Phi) is 5.74. The molecule has 0 aliphatic carbocycles. The Bertz CT molecular complexity index is 1060. The predicted molar refractivity (Wildman–Crippen MR) is 121 cm³/mol. The number of urea groups is 1. The molecule has 1 fully saturated rings. The van der Waals surface area contributed by atoms with Crippen molar-refractivity contribution in [1.29, 1.82) is 0 Å². The average Bonchev–Trinajstić information content (AvgIpc) is 2.96. The summed E-state index contributed by atoms with van der Waals surface area (Å²) in [6.07, 6.45) is 4.50. The first kappa shape index (κ1) is 20.0. The molecule has 1 aliphatic rings. The van der Waals surface area contributed by atoms with Crippen LogP contribution in [0.4, 0.5) is 16.2 Å². The number of nitrogens with zero attached hydrogens (tertiary/aromatic N) is 1. The number of H-pyrrole nitrogens is 1. The molecule has 3 N–H and O–H groups in total. The van der Waals surface area contributed by atoms with Gasteiger partial charge in [-0.2, -0.15) is 0 Å². The molecule has 3 amide bonds. The Morgan fingerprint density at radius 2 is 1.50 bits per heavy atom. The lowest BCUT2D eigenvalue weighted by molar-refractivity contribution is 0.102. The van der Waals surface area contributed by atoms with Gasteiger partial charge in [-0.25, -0.2) is 4.79 Å². The number of nitrogens with one attached hydrogen (secondary N) is 3. The zero-order chi connectivity index (χ0) is 21.1. The van der Waals surface area contributed by atoms with Gasteiger partial charge in [-0.3, -0.25) is 4.79 Å². The summed E-state index contributed by atoms with van der Waals surface area (Å²) in [7, 11) is 0. The molecule has 2 heterocycles. The van der Waals surface area contributed by atoms with E-state index in [9.17, 15) is 9.59 Å². The van der Waals surface area contributed by atoms with Gasteiger partial charge in [0.05, 0.1) is 0 Å². The third-order valence-electron chi connectivity index (χ3n) is 5.62. The molecule has 1 aromatic heterocycles. The number of aromatic amines is 1. The zero-order valence-corrected chi connectivity index (χ0v) is 17.5. The van der Waals surface area contributed by atoms with Crippen LogP contribution in [0.15, 0.2) is 42.5 Å². The Morgan fingerprint density at radius 1 is 0.867 bits per heavy atom. The monoisotopic (exact) mass is 404 g/mol. The summed E-state index contributed by atoms with van der Waals surface area (Å²) < 4.78 is 0. The number of hydrogen-bond acceptors (Lipinski definition) is 2. The Hall–Kier alpha value is -3.28. The van der Waals surface area contributed by atoms with Gasteiger partial charge in [-0.05, 0) is 74.2 Å². The Balaban J connectivity index is 1.40. The predicted octanol–water partition coefficient (Wildman–Crippen LogP) is 5.44. The number of rotatable bonds is 3. The third-order valence-corrected chi connectivity index (χ3v) is 5.62. The second-order valence-electron chi connectivity index (χ2n) is 8.09. The van der Waals surface area contributed by atoms with Gasteiger partial charge in [0, 0.05) is 35.4 Å². The topological polar surface area (TPSA) is 77.2 Å². The number of benzene rings is 2. The van der Waals surface area contributed by atoms with E-state index in [1.54, 1.807) is 12.1 Å². The van der Waals surface area contributed by atoms with E-state index in [2.05, 4.69) is 21.7 Å². The fourth-order valence-corrected chi connectivity index (χ4v) is 4.03. The molecule has 6 nitrogen and oxygen atoms in total. The van der Waals surface area contributed by atoms with Crippen LogP contribution in [0.1, 0.15) is 47.3 Å². The fraction of sp³-hybridized carbons (Fsp3) is 0.333. The van der Waals surface area contributed by atoms with Gasteiger partial charge in [0.2, 0.25) is 0 Å². The van der Waals surface area contributed by atoms with E-state index in [1.165, 1.54) is 12.8 Å². The largest absolute Gasteiger partial charge is 0.351 e. The van der Waals surface area contributed by atoms with Crippen LogP contribution in [0.5, 0.6) is 0 Å².